The summed E-state index contributed by atoms with van der Waals surface area (Å²) < 4.78 is 1.75. The Bertz CT molecular complexity index is 1460. The second kappa shape index (κ2) is 11.3. The molecular formula is C22H25N8O7S3+. The van der Waals surface area contributed by atoms with Crippen LogP contribution in [-0.4, -0.2) is 83.1 Å². The van der Waals surface area contributed by atoms with Crippen molar-refractivity contribution in [2.45, 2.75) is 36.0 Å². The van der Waals surface area contributed by atoms with Gasteiger partial charge in [0.05, 0.1) is 13.2 Å². The van der Waals surface area contributed by atoms with Gasteiger partial charge in [-0.15, -0.1) is 23.1 Å². The molecule has 1 fully saturated rings. The Morgan fingerprint density at radius 2 is 2.05 bits per heavy atom. The van der Waals surface area contributed by atoms with Crippen LogP contribution in [0.1, 0.15) is 19.5 Å². The zero-order valence-electron chi connectivity index (χ0n) is 21.4. The number of carbonyl (C=O) groups is 4. The number of nitrogens with two attached hydrogens (primary N) is 2. The summed E-state index contributed by atoms with van der Waals surface area (Å²) in [6.45, 7) is 2.49. The summed E-state index contributed by atoms with van der Waals surface area (Å²) in [6.07, 6.45) is 1.74. The SMILES string of the molecule is C[n+]1ccc(N)nc1SCC1=C(C(=O)O)N2C(=O)[C@@H](NC(=O)/C(=N/OC(C)(C)C(=O)O)c3csc(N)n3)[C@H]2SC1. The summed E-state index contributed by atoms with van der Waals surface area (Å²) in [5.41, 5.74) is 9.68. The first-order valence-corrected chi connectivity index (χ1v) is 14.4. The molecule has 2 atom stereocenters. The van der Waals surface area contributed by atoms with Crippen LogP contribution in [0.4, 0.5) is 10.9 Å². The van der Waals surface area contributed by atoms with Crippen molar-refractivity contribution in [3.8, 4) is 0 Å². The predicted molar refractivity (Wildman–Crippen MR) is 146 cm³/mol. The van der Waals surface area contributed by atoms with Crippen molar-refractivity contribution >= 4 is 75.3 Å². The molecule has 4 rings (SSSR count). The van der Waals surface area contributed by atoms with Gasteiger partial charge in [-0.25, -0.2) is 19.1 Å². The second-order valence-corrected chi connectivity index (χ2v) is 12.0. The number of carbonyl (C=O) groups excluding carboxylic acids is 2. The predicted octanol–water partition coefficient (Wildman–Crippen LogP) is -0.358. The summed E-state index contributed by atoms with van der Waals surface area (Å²) in [6, 6.07) is 0.571. The number of amides is 2. The quantitative estimate of drug-likeness (QED) is 0.0580. The van der Waals surface area contributed by atoms with Crippen LogP contribution in [0.15, 0.2) is 39.2 Å². The van der Waals surface area contributed by atoms with Crippen LogP contribution >= 0.6 is 34.9 Å². The monoisotopic (exact) mass is 609 g/mol. The number of thioether (sulfide) groups is 2. The Hall–Kier alpha value is -3.90. The Balaban J connectivity index is 1.53. The van der Waals surface area contributed by atoms with Crippen molar-refractivity contribution in [2.24, 2.45) is 12.2 Å². The normalized spacial score (nSPS) is 19.1. The molecule has 0 saturated carbocycles. The fourth-order valence-corrected chi connectivity index (χ4v) is 6.57. The number of nitrogens with one attached hydrogen (secondary N) is 1. The van der Waals surface area contributed by atoms with Gasteiger partial charge in [-0.1, -0.05) is 5.16 Å². The van der Waals surface area contributed by atoms with Crippen LogP contribution in [-0.2, 0) is 31.1 Å². The molecule has 40 heavy (non-hydrogen) atoms. The highest BCUT2D eigenvalue weighted by molar-refractivity contribution is 8.01. The Kier molecular flexibility index (Phi) is 8.22. The van der Waals surface area contributed by atoms with Gasteiger partial charge in [0.1, 0.15) is 22.8 Å². The molecule has 0 unspecified atom stereocenters. The zero-order chi connectivity index (χ0) is 29.4. The highest BCUT2D eigenvalue weighted by atomic mass is 32.2. The van der Waals surface area contributed by atoms with Gasteiger partial charge in [-0.05, 0) is 36.2 Å². The molecule has 0 spiro atoms. The van der Waals surface area contributed by atoms with Crippen LogP contribution in [0.5, 0.6) is 0 Å². The molecule has 1 saturated heterocycles. The summed E-state index contributed by atoms with van der Waals surface area (Å²) in [7, 11) is 1.78. The highest BCUT2D eigenvalue weighted by Gasteiger charge is 2.54. The molecule has 2 aromatic rings. The van der Waals surface area contributed by atoms with E-state index in [0.29, 0.717) is 22.3 Å². The largest absolute Gasteiger partial charge is 0.478 e. The van der Waals surface area contributed by atoms with Crippen molar-refractivity contribution in [3.05, 3.63) is 34.6 Å². The first kappa shape index (κ1) is 29.1. The minimum Gasteiger partial charge on any atom is -0.478 e. The van der Waals surface area contributed by atoms with Crippen molar-refractivity contribution < 1.29 is 38.8 Å². The van der Waals surface area contributed by atoms with Crippen molar-refractivity contribution in [1.29, 1.82) is 0 Å². The number of hydrogen-bond donors (Lipinski definition) is 5. The fraction of sp³-hybridized carbons (Fsp3) is 0.364. The van der Waals surface area contributed by atoms with Gasteiger partial charge in [0.15, 0.2) is 10.8 Å². The van der Waals surface area contributed by atoms with E-state index in [0.717, 1.165) is 16.2 Å². The Morgan fingerprint density at radius 1 is 1.32 bits per heavy atom. The lowest BCUT2D eigenvalue weighted by atomic mass is 10.0. The third-order valence-electron chi connectivity index (χ3n) is 5.77. The smallest absolute Gasteiger partial charge is 0.361 e. The lowest BCUT2D eigenvalue weighted by Crippen LogP contribution is -2.71. The average Bonchev–Trinajstić information content (AvgIpc) is 3.32. The lowest BCUT2D eigenvalue weighted by Gasteiger charge is -2.49. The molecule has 2 aliphatic heterocycles. The molecule has 18 heteroatoms. The van der Waals surface area contributed by atoms with E-state index in [4.69, 9.17) is 16.3 Å². The van der Waals surface area contributed by atoms with Crippen LogP contribution in [0.25, 0.3) is 0 Å². The molecular weight excluding hydrogens is 584 g/mol. The molecule has 212 valence electrons. The Labute approximate surface area is 239 Å². The molecule has 0 aromatic carbocycles. The van der Waals surface area contributed by atoms with E-state index in [9.17, 15) is 29.4 Å². The molecule has 4 heterocycles. The van der Waals surface area contributed by atoms with Crippen molar-refractivity contribution in [3.63, 3.8) is 0 Å². The number of carboxylic acids is 2. The van der Waals surface area contributed by atoms with E-state index in [1.807, 2.05) is 0 Å². The number of oxime groups is 1. The molecule has 2 aromatic heterocycles. The standard InChI is InChI=1S/C22H24N8O7S3/c1-22(2,19(35)36)37-28-12(10-8-39-20(24)25-10)15(31)27-13-16(32)30-14(18(33)34)9(6-38-17(13)30)7-40-21-26-11(23)4-5-29(21)3/h4-5,8,13,17,23H,6-7H2,1-3H3,(H5,24,25,27,31,33,34,35,36)/p+1/b28-12+/t13-,17-/m1/s1. The molecule has 0 aliphatic carbocycles. The third-order valence-corrected chi connectivity index (χ3v) is 8.91. The second-order valence-electron chi connectivity index (χ2n) is 9.07. The van der Waals surface area contributed by atoms with Gasteiger partial charge in [0, 0.05) is 23.0 Å². The van der Waals surface area contributed by atoms with Crippen LogP contribution in [0.2, 0.25) is 0 Å². The minimum atomic E-state index is -1.76. The number of fused-ring (bicyclic) bond motifs is 1. The van der Waals surface area contributed by atoms with Gasteiger partial charge in [-0.2, -0.15) is 0 Å². The minimum absolute atomic E-state index is 0.0230. The number of aliphatic carboxylic acids is 2. The summed E-state index contributed by atoms with van der Waals surface area (Å²) in [5.74, 6) is -3.21. The van der Waals surface area contributed by atoms with Gasteiger partial charge < -0.3 is 31.8 Å². The van der Waals surface area contributed by atoms with Gasteiger partial charge in [-0.3, -0.25) is 14.5 Å². The van der Waals surface area contributed by atoms with Crippen LogP contribution in [0.3, 0.4) is 0 Å². The maximum absolute atomic E-state index is 13.2. The molecule has 2 amide bonds. The number of anilines is 2. The number of nitrogens with zero attached hydrogens (tertiary/aromatic N) is 5. The van der Waals surface area contributed by atoms with Crippen LogP contribution in [0, 0.1) is 0 Å². The van der Waals surface area contributed by atoms with E-state index in [2.05, 4.69) is 20.4 Å². The molecule has 15 nitrogen and oxygen atoms in total. The molecule has 0 bridgehead atoms. The first-order chi connectivity index (χ1) is 18.8. The number of rotatable bonds is 10. The molecule has 7 N–H and O–H groups in total. The van der Waals surface area contributed by atoms with Gasteiger partial charge in [0.2, 0.25) is 11.4 Å². The number of thiazole rings is 1. The lowest BCUT2D eigenvalue weighted by molar-refractivity contribution is -0.713. The van der Waals surface area contributed by atoms with E-state index >= 15 is 0 Å². The van der Waals surface area contributed by atoms with E-state index in [1.54, 1.807) is 23.9 Å². The maximum Gasteiger partial charge on any atom is 0.361 e. The average molecular weight is 610 g/mol. The van der Waals surface area contributed by atoms with E-state index in [-0.39, 0.29) is 28.0 Å². The molecule has 0 radical (unpaired) electrons. The van der Waals surface area contributed by atoms with Crippen molar-refractivity contribution in [1.82, 2.24) is 20.2 Å². The number of β-lactam (4-membered cyclic amide) rings is 1. The Morgan fingerprint density at radius 3 is 2.67 bits per heavy atom. The highest BCUT2D eigenvalue weighted by Crippen LogP contribution is 2.41. The summed E-state index contributed by atoms with van der Waals surface area (Å²) in [4.78, 5) is 64.4. The zero-order valence-corrected chi connectivity index (χ0v) is 23.8. The van der Waals surface area contributed by atoms with E-state index in [1.165, 1.54) is 42.8 Å². The third kappa shape index (κ3) is 5.82. The number of hydrogen-bond acceptors (Lipinski definition) is 13. The summed E-state index contributed by atoms with van der Waals surface area (Å²) in [5, 5.41) is 27.0. The number of carboxylic acid groups (broad SMARTS) is 2. The fourth-order valence-electron chi connectivity index (χ4n) is 3.57. The van der Waals surface area contributed by atoms with Gasteiger partial charge in [0.25, 0.3) is 11.8 Å². The first-order valence-electron chi connectivity index (χ1n) is 11.5. The van der Waals surface area contributed by atoms with Gasteiger partial charge >= 0.3 is 17.1 Å². The topological polar surface area (TPSA) is 227 Å². The maximum atomic E-state index is 13.2. The summed E-state index contributed by atoms with van der Waals surface area (Å²) >= 11 is 3.60. The molecule has 2 aliphatic rings. The number of aryl methyl sites for hydroxylation is 1. The van der Waals surface area contributed by atoms with E-state index < -0.39 is 40.8 Å². The number of aromatic nitrogens is 3. The van der Waals surface area contributed by atoms with Crippen LogP contribution < -0.4 is 21.4 Å². The van der Waals surface area contributed by atoms with Crippen molar-refractivity contribution in [2.75, 3.05) is 23.0 Å². The number of nitrogen functional groups attached to an aromatic ring is 2.